The molecule has 1 unspecified atom stereocenters. The fraction of sp³-hybridized carbons (Fsp3) is 0.333. The van der Waals surface area contributed by atoms with E-state index in [0.717, 1.165) is 0 Å². The van der Waals surface area contributed by atoms with Crippen LogP contribution in [0.15, 0.2) is 24.3 Å². The lowest BCUT2D eigenvalue weighted by Gasteiger charge is -2.19. The predicted octanol–water partition coefficient (Wildman–Crippen LogP) is 3.50. The van der Waals surface area contributed by atoms with E-state index in [0.29, 0.717) is 16.6 Å². The van der Waals surface area contributed by atoms with Crippen LogP contribution in [0.25, 0.3) is 10.9 Å². The van der Waals surface area contributed by atoms with Crippen molar-refractivity contribution >= 4 is 23.3 Å². The Labute approximate surface area is 109 Å². The van der Waals surface area contributed by atoms with E-state index in [-0.39, 0.29) is 18.0 Å². The highest BCUT2D eigenvalue weighted by Gasteiger charge is 2.41. The molecule has 2 nitrogen and oxygen atoms in total. The van der Waals surface area contributed by atoms with Crippen LogP contribution in [0.1, 0.15) is 17.2 Å². The molecule has 1 heterocycles. The predicted molar refractivity (Wildman–Crippen MR) is 68.1 cm³/mol. The molecule has 0 amide bonds. The van der Waals surface area contributed by atoms with Gasteiger partial charge in [-0.15, -0.1) is 12.4 Å². The number of benzene rings is 1. The average Bonchev–Trinajstić information content (AvgIpc) is 2.55. The van der Waals surface area contributed by atoms with E-state index in [2.05, 4.69) is 4.98 Å². The monoisotopic (exact) mass is 278 g/mol. The third kappa shape index (κ3) is 2.47. The smallest absolute Gasteiger partial charge is 0.358 e. The minimum Gasteiger partial charge on any atom is -0.358 e. The quantitative estimate of drug-likeness (QED) is 0.867. The summed E-state index contributed by atoms with van der Waals surface area (Å²) in [4.78, 5) is 2.96. The highest BCUT2D eigenvalue weighted by atomic mass is 35.5. The van der Waals surface area contributed by atoms with Gasteiger partial charge in [0.25, 0.3) is 0 Å². The second-order valence-electron chi connectivity index (χ2n) is 4.04. The molecule has 0 aliphatic heterocycles. The molecule has 0 fully saturated rings. The first-order valence-corrected chi connectivity index (χ1v) is 5.29. The van der Waals surface area contributed by atoms with E-state index >= 15 is 0 Å². The third-order valence-electron chi connectivity index (χ3n) is 2.92. The zero-order chi connectivity index (χ0) is 12.6. The molecule has 6 heteroatoms. The van der Waals surface area contributed by atoms with Gasteiger partial charge in [-0.3, -0.25) is 0 Å². The van der Waals surface area contributed by atoms with Crippen molar-refractivity contribution in [3.63, 3.8) is 0 Å². The Bertz CT molecular complexity index is 534. The van der Waals surface area contributed by atoms with Gasteiger partial charge >= 0.3 is 6.18 Å². The van der Waals surface area contributed by atoms with Gasteiger partial charge in [-0.1, -0.05) is 18.2 Å². The van der Waals surface area contributed by atoms with Crippen LogP contribution in [0.4, 0.5) is 13.2 Å². The molecule has 0 bridgehead atoms. The summed E-state index contributed by atoms with van der Waals surface area (Å²) >= 11 is 0. The molecule has 2 aromatic rings. The van der Waals surface area contributed by atoms with Crippen molar-refractivity contribution in [2.24, 2.45) is 5.73 Å². The molecule has 3 N–H and O–H groups in total. The summed E-state index contributed by atoms with van der Waals surface area (Å²) in [5, 5.41) is 0.595. The fourth-order valence-corrected chi connectivity index (χ4v) is 2.16. The Hall–Kier alpha value is -1.20. The van der Waals surface area contributed by atoms with Gasteiger partial charge in [0.2, 0.25) is 0 Å². The molecule has 1 aromatic heterocycles. The normalized spacial score (nSPS) is 13.4. The molecule has 18 heavy (non-hydrogen) atoms. The van der Waals surface area contributed by atoms with Crippen molar-refractivity contribution in [3.05, 3.63) is 35.5 Å². The second-order valence-corrected chi connectivity index (χ2v) is 4.04. The molecule has 1 aromatic carbocycles. The number of halogens is 4. The van der Waals surface area contributed by atoms with Crippen LogP contribution in [-0.4, -0.2) is 17.7 Å². The number of nitrogens with one attached hydrogen (secondary N) is 1. The molecule has 0 saturated heterocycles. The van der Waals surface area contributed by atoms with Crippen LogP contribution >= 0.6 is 12.4 Å². The molecule has 2 rings (SSSR count). The molecule has 0 saturated carbocycles. The van der Waals surface area contributed by atoms with Crippen molar-refractivity contribution in [2.45, 2.75) is 19.0 Å². The van der Waals surface area contributed by atoms with Gasteiger partial charge in [0.1, 0.15) is 0 Å². The number of aromatic amines is 1. The number of aryl methyl sites for hydroxylation is 1. The Morgan fingerprint density at radius 1 is 1.28 bits per heavy atom. The number of aromatic nitrogens is 1. The second kappa shape index (κ2) is 5.20. The van der Waals surface area contributed by atoms with Gasteiger partial charge in [-0.25, -0.2) is 0 Å². The van der Waals surface area contributed by atoms with E-state index in [1.54, 1.807) is 31.2 Å². The summed E-state index contributed by atoms with van der Waals surface area (Å²) in [5.74, 6) is -1.61. The number of rotatable bonds is 2. The summed E-state index contributed by atoms with van der Waals surface area (Å²) in [6.45, 7) is 1.20. The number of para-hydroxylation sites is 1. The number of hydrogen-bond acceptors (Lipinski definition) is 1. The molecule has 0 aliphatic carbocycles. The standard InChI is InChI=1S/C12H13F3N2.ClH/c1-7-11(9(6-16)12(13,14)15)8-4-2-3-5-10(8)17-7;/h2-5,9,17H,6,16H2,1H3;1H. The first kappa shape index (κ1) is 14.9. The molecule has 0 aliphatic rings. The zero-order valence-corrected chi connectivity index (χ0v) is 10.5. The number of hydrogen-bond donors (Lipinski definition) is 2. The van der Waals surface area contributed by atoms with Gasteiger partial charge in [0.05, 0.1) is 5.92 Å². The zero-order valence-electron chi connectivity index (χ0n) is 9.71. The van der Waals surface area contributed by atoms with Crippen LogP contribution in [0.2, 0.25) is 0 Å². The van der Waals surface area contributed by atoms with Crippen molar-refractivity contribution in [3.8, 4) is 0 Å². The van der Waals surface area contributed by atoms with Crippen LogP contribution < -0.4 is 5.73 Å². The van der Waals surface area contributed by atoms with E-state index in [4.69, 9.17) is 5.73 Å². The van der Waals surface area contributed by atoms with Gasteiger partial charge in [0.15, 0.2) is 0 Å². The van der Waals surface area contributed by atoms with Gasteiger partial charge in [0, 0.05) is 23.1 Å². The SMILES string of the molecule is Cc1[nH]c2ccccc2c1C(CN)C(F)(F)F.Cl. The lowest BCUT2D eigenvalue weighted by molar-refractivity contribution is -0.147. The maximum Gasteiger partial charge on any atom is 0.397 e. The van der Waals surface area contributed by atoms with E-state index < -0.39 is 18.6 Å². The number of fused-ring (bicyclic) bond motifs is 1. The first-order chi connectivity index (χ1) is 7.95. The van der Waals surface area contributed by atoms with Gasteiger partial charge < -0.3 is 10.7 Å². The Balaban J connectivity index is 0.00000162. The number of H-pyrrole nitrogens is 1. The topological polar surface area (TPSA) is 41.8 Å². The van der Waals surface area contributed by atoms with Crippen molar-refractivity contribution in [1.29, 1.82) is 0 Å². The van der Waals surface area contributed by atoms with Crippen molar-refractivity contribution < 1.29 is 13.2 Å². The van der Waals surface area contributed by atoms with E-state index in [9.17, 15) is 13.2 Å². The fourth-order valence-electron chi connectivity index (χ4n) is 2.16. The van der Waals surface area contributed by atoms with Crippen molar-refractivity contribution in [1.82, 2.24) is 4.98 Å². The largest absolute Gasteiger partial charge is 0.397 e. The lowest BCUT2D eigenvalue weighted by atomic mass is 9.95. The highest BCUT2D eigenvalue weighted by molar-refractivity contribution is 5.85. The Morgan fingerprint density at radius 3 is 2.44 bits per heavy atom. The molecule has 1 atom stereocenters. The lowest BCUT2D eigenvalue weighted by Crippen LogP contribution is -2.28. The van der Waals surface area contributed by atoms with Crippen molar-refractivity contribution in [2.75, 3.05) is 6.54 Å². The molecule has 0 spiro atoms. The van der Waals surface area contributed by atoms with Crippen LogP contribution in [0.5, 0.6) is 0 Å². The summed E-state index contributed by atoms with van der Waals surface area (Å²) in [5.41, 5.74) is 6.77. The van der Waals surface area contributed by atoms with E-state index in [1.807, 2.05) is 0 Å². The summed E-state index contributed by atoms with van der Waals surface area (Å²) in [6, 6.07) is 6.95. The summed E-state index contributed by atoms with van der Waals surface area (Å²) in [6.07, 6.45) is -4.32. The Morgan fingerprint density at radius 2 is 1.89 bits per heavy atom. The third-order valence-corrected chi connectivity index (χ3v) is 2.92. The van der Waals surface area contributed by atoms with Gasteiger partial charge in [-0.2, -0.15) is 13.2 Å². The molecule has 0 radical (unpaired) electrons. The van der Waals surface area contributed by atoms with Gasteiger partial charge in [-0.05, 0) is 18.6 Å². The summed E-state index contributed by atoms with van der Waals surface area (Å²) < 4.78 is 38.7. The van der Waals surface area contributed by atoms with E-state index in [1.165, 1.54) is 0 Å². The van der Waals surface area contributed by atoms with Crippen LogP contribution in [0, 0.1) is 6.92 Å². The maximum atomic E-state index is 12.9. The average molecular weight is 279 g/mol. The molecular weight excluding hydrogens is 265 g/mol. The summed E-state index contributed by atoms with van der Waals surface area (Å²) in [7, 11) is 0. The number of alkyl halides is 3. The number of nitrogens with two attached hydrogens (primary N) is 1. The minimum absolute atomic E-state index is 0. The maximum absolute atomic E-state index is 12.9. The van der Waals surface area contributed by atoms with Crippen LogP contribution in [-0.2, 0) is 0 Å². The molecule has 100 valence electrons. The molecular formula is C12H14ClF3N2. The minimum atomic E-state index is -4.32. The highest BCUT2D eigenvalue weighted by Crippen LogP contribution is 2.39. The van der Waals surface area contributed by atoms with Crippen LogP contribution in [0.3, 0.4) is 0 Å². The Kier molecular flexibility index (Phi) is 4.29. The first-order valence-electron chi connectivity index (χ1n) is 5.29.